The summed E-state index contributed by atoms with van der Waals surface area (Å²) in [6.45, 7) is 2.73. The number of carbonyl (C=O) groups is 1. The van der Waals surface area contributed by atoms with Gasteiger partial charge in [-0.2, -0.15) is 0 Å². The van der Waals surface area contributed by atoms with E-state index in [1.807, 2.05) is 24.3 Å². The molecule has 0 saturated heterocycles. The van der Waals surface area contributed by atoms with Crippen LogP contribution in [-0.4, -0.2) is 30.3 Å². The molecule has 1 heterocycles. The highest BCUT2D eigenvalue weighted by molar-refractivity contribution is 5.97. The molecular formula is C24H35NO3. The van der Waals surface area contributed by atoms with E-state index in [0.717, 1.165) is 35.6 Å². The molecule has 154 valence electrons. The summed E-state index contributed by atoms with van der Waals surface area (Å²) < 4.78 is 5.52. The summed E-state index contributed by atoms with van der Waals surface area (Å²) in [4.78, 5) is 14.1. The molecule has 1 N–H and O–H groups in total. The van der Waals surface area contributed by atoms with Gasteiger partial charge >= 0.3 is 0 Å². The molecule has 4 nitrogen and oxygen atoms in total. The maximum atomic E-state index is 12.4. The molecule has 3 unspecified atom stereocenters. The van der Waals surface area contributed by atoms with Crippen LogP contribution in [0.4, 0.5) is 5.69 Å². The normalized spacial score (nSPS) is 30.1. The highest BCUT2D eigenvalue weighted by atomic mass is 16.5. The largest absolute Gasteiger partial charge is 0.482 e. The molecule has 4 rings (SSSR count). The van der Waals surface area contributed by atoms with E-state index in [1.54, 1.807) is 4.90 Å². The van der Waals surface area contributed by atoms with Crippen molar-refractivity contribution in [3.63, 3.8) is 0 Å². The third-order valence-corrected chi connectivity index (χ3v) is 7.35. The summed E-state index contributed by atoms with van der Waals surface area (Å²) >= 11 is 0. The maximum absolute atomic E-state index is 12.4. The molecule has 4 heteroatoms. The van der Waals surface area contributed by atoms with Crippen molar-refractivity contribution in [1.82, 2.24) is 0 Å². The molecule has 2 bridgehead atoms. The van der Waals surface area contributed by atoms with E-state index < -0.39 is 6.10 Å². The Hall–Kier alpha value is -1.55. The number of nitrogens with zero attached hydrogens (tertiary/aromatic N) is 1. The number of rotatable bonds is 8. The summed E-state index contributed by atoms with van der Waals surface area (Å²) in [7, 11) is 0. The molecule has 3 aliphatic rings. The van der Waals surface area contributed by atoms with E-state index in [-0.39, 0.29) is 12.5 Å². The van der Waals surface area contributed by atoms with Gasteiger partial charge in [0.05, 0.1) is 18.3 Å². The predicted octanol–water partition coefficient (Wildman–Crippen LogP) is 4.80. The number of aliphatic hydroxyl groups excluding tert-OH is 1. The number of hydrogen-bond donors (Lipinski definition) is 1. The molecule has 1 amide bonds. The Labute approximate surface area is 169 Å². The zero-order valence-electron chi connectivity index (χ0n) is 17.2. The summed E-state index contributed by atoms with van der Waals surface area (Å²) in [5.41, 5.74) is 0.792. The molecule has 1 aromatic carbocycles. The van der Waals surface area contributed by atoms with E-state index in [2.05, 4.69) is 6.92 Å². The fraction of sp³-hybridized carbons (Fsp3) is 0.708. The molecule has 2 aliphatic carbocycles. The van der Waals surface area contributed by atoms with Gasteiger partial charge in [-0.05, 0) is 67.9 Å². The third kappa shape index (κ3) is 4.22. The van der Waals surface area contributed by atoms with Crippen LogP contribution < -0.4 is 9.64 Å². The van der Waals surface area contributed by atoms with Crippen LogP contribution in [0.25, 0.3) is 0 Å². The van der Waals surface area contributed by atoms with Crippen molar-refractivity contribution in [2.45, 2.75) is 70.8 Å². The predicted molar refractivity (Wildman–Crippen MR) is 111 cm³/mol. The second-order valence-corrected chi connectivity index (χ2v) is 9.24. The number of hydrogen-bond acceptors (Lipinski definition) is 3. The van der Waals surface area contributed by atoms with Crippen molar-refractivity contribution in [2.24, 2.45) is 23.7 Å². The highest BCUT2D eigenvalue weighted by Gasteiger charge is 2.43. The molecule has 1 aromatic rings. The Balaban J connectivity index is 1.34. The Bertz CT molecular complexity index is 662. The molecule has 28 heavy (non-hydrogen) atoms. The first-order valence-corrected chi connectivity index (χ1v) is 11.4. The van der Waals surface area contributed by atoms with Crippen molar-refractivity contribution in [3.05, 3.63) is 24.3 Å². The average Bonchev–Trinajstić information content (AvgIpc) is 2.92. The number of unbranched alkanes of at least 4 members (excludes halogenated alkanes) is 2. The van der Waals surface area contributed by atoms with Gasteiger partial charge in [-0.3, -0.25) is 4.79 Å². The molecular weight excluding hydrogens is 350 g/mol. The van der Waals surface area contributed by atoms with Gasteiger partial charge in [0.25, 0.3) is 5.91 Å². The van der Waals surface area contributed by atoms with Gasteiger partial charge in [0.15, 0.2) is 6.61 Å². The fourth-order valence-electron chi connectivity index (χ4n) is 6.04. The standard InChI is InChI=1S/C24H35NO3/c1-2-3-4-7-17-12-18-10-11-19(13-17)21(18)14-20(26)15-25-22-8-5-6-9-23(22)28-16-24(25)27/h5-6,8-9,17-21,26H,2-4,7,10-16H2,1H3. The van der Waals surface area contributed by atoms with Crippen molar-refractivity contribution in [3.8, 4) is 5.75 Å². The maximum Gasteiger partial charge on any atom is 0.265 e. The summed E-state index contributed by atoms with van der Waals surface area (Å²) in [5.74, 6) is 3.80. The minimum absolute atomic E-state index is 0.0552. The molecule has 2 fully saturated rings. The number of ether oxygens (including phenoxy) is 1. The summed E-state index contributed by atoms with van der Waals surface area (Å²) in [6, 6.07) is 7.63. The number of aliphatic hydroxyl groups is 1. The smallest absolute Gasteiger partial charge is 0.265 e. The fourth-order valence-corrected chi connectivity index (χ4v) is 6.04. The minimum Gasteiger partial charge on any atom is -0.482 e. The van der Waals surface area contributed by atoms with Crippen LogP contribution in [0.5, 0.6) is 5.75 Å². The number of fused-ring (bicyclic) bond motifs is 3. The molecule has 0 spiro atoms. The van der Waals surface area contributed by atoms with E-state index in [0.29, 0.717) is 12.5 Å². The molecule has 0 radical (unpaired) electrons. The second kappa shape index (κ2) is 8.86. The SMILES string of the molecule is CCCCCC1CC2CCC(C1)C2CC(O)CN1C(=O)COc2ccccc21. The topological polar surface area (TPSA) is 49.8 Å². The van der Waals surface area contributed by atoms with Crippen molar-refractivity contribution < 1.29 is 14.6 Å². The quantitative estimate of drug-likeness (QED) is 0.654. The summed E-state index contributed by atoms with van der Waals surface area (Å²) in [6.07, 6.45) is 11.2. The first kappa shape index (κ1) is 19.8. The van der Waals surface area contributed by atoms with Gasteiger partial charge in [-0.15, -0.1) is 0 Å². The number of anilines is 1. The van der Waals surface area contributed by atoms with Gasteiger partial charge < -0.3 is 14.7 Å². The van der Waals surface area contributed by atoms with E-state index in [9.17, 15) is 9.90 Å². The number of carbonyl (C=O) groups excluding carboxylic acids is 1. The van der Waals surface area contributed by atoms with Crippen LogP contribution in [0.2, 0.25) is 0 Å². The van der Waals surface area contributed by atoms with Gasteiger partial charge in [0.1, 0.15) is 5.75 Å². The Kier molecular flexibility index (Phi) is 6.25. The lowest BCUT2D eigenvalue weighted by Crippen LogP contribution is -2.44. The minimum atomic E-state index is -0.458. The number of β-amino-alcohol motifs (C(OH)–C–C–N with tert-alkyl or cyclic N) is 1. The second-order valence-electron chi connectivity index (χ2n) is 9.24. The zero-order chi connectivity index (χ0) is 19.5. The third-order valence-electron chi connectivity index (χ3n) is 7.35. The van der Waals surface area contributed by atoms with Crippen molar-refractivity contribution in [1.29, 1.82) is 0 Å². The van der Waals surface area contributed by atoms with E-state index in [1.165, 1.54) is 51.4 Å². The van der Waals surface area contributed by atoms with Gasteiger partial charge in [-0.25, -0.2) is 0 Å². The highest BCUT2D eigenvalue weighted by Crippen LogP contribution is 2.52. The monoisotopic (exact) mass is 385 g/mol. The van der Waals surface area contributed by atoms with Crippen LogP contribution in [0.15, 0.2) is 24.3 Å². The zero-order valence-corrected chi connectivity index (χ0v) is 17.2. The van der Waals surface area contributed by atoms with Crippen LogP contribution in [0.1, 0.15) is 64.7 Å². The Morgan fingerprint density at radius 3 is 2.68 bits per heavy atom. The molecule has 0 aromatic heterocycles. The average molecular weight is 386 g/mol. The molecule has 1 aliphatic heterocycles. The number of benzene rings is 1. The van der Waals surface area contributed by atoms with Crippen LogP contribution in [0.3, 0.4) is 0 Å². The lowest BCUT2D eigenvalue weighted by atomic mass is 9.70. The van der Waals surface area contributed by atoms with Gasteiger partial charge in [0, 0.05) is 0 Å². The van der Waals surface area contributed by atoms with Crippen LogP contribution in [0, 0.1) is 23.7 Å². The molecule has 2 saturated carbocycles. The number of para-hydroxylation sites is 2. The summed E-state index contributed by atoms with van der Waals surface area (Å²) in [5, 5.41) is 10.9. The molecule has 3 atom stereocenters. The number of amides is 1. The lowest BCUT2D eigenvalue weighted by molar-refractivity contribution is -0.121. The lowest BCUT2D eigenvalue weighted by Gasteiger charge is -2.37. The van der Waals surface area contributed by atoms with Crippen molar-refractivity contribution in [2.75, 3.05) is 18.1 Å². The van der Waals surface area contributed by atoms with Crippen LogP contribution >= 0.6 is 0 Å². The Morgan fingerprint density at radius 2 is 1.93 bits per heavy atom. The van der Waals surface area contributed by atoms with Gasteiger partial charge in [0.2, 0.25) is 0 Å². The van der Waals surface area contributed by atoms with Crippen LogP contribution in [-0.2, 0) is 4.79 Å². The van der Waals surface area contributed by atoms with E-state index in [4.69, 9.17) is 4.74 Å². The first-order chi connectivity index (χ1) is 13.7. The first-order valence-electron chi connectivity index (χ1n) is 11.4. The van der Waals surface area contributed by atoms with E-state index >= 15 is 0 Å². The van der Waals surface area contributed by atoms with Crippen molar-refractivity contribution >= 4 is 11.6 Å². The van der Waals surface area contributed by atoms with Gasteiger partial charge in [-0.1, -0.05) is 44.7 Å². The Morgan fingerprint density at radius 1 is 1.18 bits per heavy atom.